The molecular formula is C12H24N4. The summed E-state index contributed by atoms with van der Waals surface area (Å²) in [5.41, 5.74) is 2.41. The minimum Gasteiger partial charge on any atom is -0.310 e. The lowest BCUT2D eigenvalue weighted by Crippen LogP contribution is -2.29. The van der Waals surface area contributed by atoms with Gasteiger partial charge >= 0.3 is 0 Å². The van der Waals surface area contributed by atoms with Crippen LogP contribution in [0.15, 0.2) is 6.20 Å². The van der Waals surface area contributed by atoms with Crippen LogP contribution in [0, 0.1) is 6.92 Å². The molecule has 1 atom stereocenters. The van der Waals surface area contributed by atoms with E-state index in [1.807, 2.05) is 11.7 Å². The van der Waals surface area contributed by atoms with E-state index in [0.29, 0.717) is 6.04 Å². The first kappa shape index (κ1) is 13.2. The van der Waals surface area contributed by atoms with Crippen LogP contribution >= 0.6 is 0 Å². The highest BCUT2D eigenvalue weighted by atomic mass is 15.2. The van der Waals surface area contributed by atoms with E-state index in [0.717, 1.165) is 18.8 Å². The third-order valence-electron chi connectivity index (χ3n) is 2.77. The van der Waals surface area contributed by atoms with Gasteiger partial charge in [0.25, 0.3) is 0 Å². The van der Waals surface area contributed by atoms with E-state index < -0.39 is 0 Å². The standard InChI is InChI=1S/C12H24N4/c1-10(6-7-15(3)4)13-8-12-9-16(5)14-11(12)2/h9-10,13H,6-8H2,1-5H3. The highest BCUT2D eigenvalue weighted by Gasteiger charge is 2.06. The first-order valence-corrected chi connectivity index (χ1v) is 5.86. The third-order valence-corrected chi connectivity index (χ3v) is 2.77. The zero-order chi connectivity index (χ0) is 12.1. The lowest BCUT2D eigenvalue weighted by molar-refractivity contribution is 0.365. The number of nitrogens with zero attached hydrogens (tertiary/aromatic N) is 3. The number of nitrogens with one attached hydrogen (secondary N) is 1. The molecule has 1 aromatic rings. The highest BCUT2D eigenvalue weighted by Crippen LogP contribution is 2.04. The molecule has 0 amide bonds. The Morgan fingerprint density at radius 3 is 2.69 bits per heavy atom. The first-order valence-electron chi connectivity index (χ1n) is 5.86. The van der Waals surface area contributed by atoms with Crippen molar-refractivity contribution in [3.63, 3.8) is 0 Å². The van der Waals surface area contributed by atoms with Crippen molar-refractivity contribution in [2.45, 2.75) is 32.9 Å². The SMILES string of the molecule is Cc1nn(C)cc1CNC(C)CCN(C)C. The number of hydrogen-bond acceptors (Lipinski definition) is 3. The van der Waals surface area contributed by atoms with Crippen molar-refractivity contribution >= 4 is 0 Å². The van der Waals surface area contributed by atoms with E-state index >= 15 is 0 Å². The molecule has 1 aromatic heterocycles. The molecule has 16 heavy (non-hydrogen) atoms. The Balaban J connectivity index is 2.31. The van der Waals surface area contributed by atoms with Gasteiger partial charge in [-0.1, -0.05) is 0 Å². The predicted octanol–water partition coefficient (Wildman–Crippen LogP) is 1.16. The molecule has 0 bridgehead atoms. The second-order valence-electron chi connectivity index (χ2n) is 4.79. The Labute approximate surface area is 98.6 Å². The average molecular weight is 224 g/mol. The van der Waals surface area contributed by atoms with Crippen LogP contribution in [0.4, 0.5) is 0 Å². The maximum Gasteiger partial charge on any atom is 0.0638 e. The molecule has 0 saturated carbocycles. The maximum atomic E-state index is 4.33. The molecule has 1 rings (SSSR count). The van der Waals surface area contributed by atoms with Gasteiger partial charge in [0.2, 0.25) is 0 Å². The lowest BCUT2D eigenvalue weighted by Gasteiger charge is -2.16. The van der Waals surface area contributed by atoms with E-state index in [9.17, 15) is 0 Å². The number of rotatable bonds is 6. The molecule has 1 unspecified atom stereocenters. The minimum absolute atomic E-state index is 0.544. The van der Waals surface area contributed by atoms with Crippen molar-refractivity contribution in [3.05, 3.63) is 17.5 Å². The molecule has 0 aliphatic carbocycles. The van der Waals surface area contributed by atoms with Gasteiger partial charge in [-0.15, -0.1) is 0 Å². The van der Waals surface area contributed by atoms with Crippen LogP contribution in [0.3, 0.4) is 0 Å². The predicted molar refractivity (Wildman–Crippen MR) is 67.4 cm³/mol. The van der Waals surface area contributed by atoms with Gasteiger partial charge in [-0.05, 0) is 40.9 Å². The second kappa shape index (κ2) is 6.01. The molecule has 0 spiro atoms. The van der Waals surface area contributed by atoms with Crippen LogP contribution in [0.2, 0.25) is 0 Å². The summed E-state index contributed by atoms with van der Waals surface area (Å²) >= 11 is 0. The fourth-order valence-corrected chi connectivity index (χ4v) is 1.66. The van der Waals surface area contributed by atoms with Gasteiger partial charge in [-0.3, -0.25) is 4.68 Å². The molecule has 1 heterocycles. The summed E-state index contributed by atoms with van der Waals surface area (Å²) in [5, 5.41) is 7.86. The van der Waals surface area contributed by atoms with E-state index in [-0.39, 0.29) is 0 Å². The van der Waals surface area contributed by atoms with Gasteiger partial charge in [-0.25, -0.2) is 0 Å². The number of aryl methyl sites for hydroxylation is 2. The summed E-state index contributed by atoms with van der Waals surface area (Å²) in [6.07, 6.45) is 3.26. The normalized spacial score (nSPS) is 13.4. The van der Waals surface area contributed by atoms with Crippen molar-refractivity contribution in [1.82, 2.24) is 20.0 Å². The van der Waals surface area contributed by atoms with Crippen molar-refractivity contribution in [3.8, 4) is 0 Å². The third kappa shape index (κ3) is 4.33. The molecule has 0 radical (unpaired) electrons. The van der Waals surface area contributed by atoms with Crippen LogP contribution in [0.5, 0.6) is 0 Å². The van der Waals surface area contributed by atoms with Crippen LogP contribution in [0.1, 0.15) is 24.6 Å². The zero-order valence-corrected chi connectivity index (χ0v) is 11.1. The smallest absolute Gasteiger partial charge is 0.0638 e. The lowest BCUT2D eigenvalue weighted by atomic mass is 10.2. The summed E-state index contributed by atoms with van der Waals surface area (Å²) in [5.74, 6) is 0. The fourth-order valence-electron chi connectivity index (χ4n) is 1.66. The van der Waals surface area contributed by atoms with E-state index in [2.05, 4.69) is 49.5 Å². The van der Waals surface area contributed by atoms with Crippen molar-refractivity contribution < 1.29 is 0 Å². The van der Waals surface area contributed by atoms with Gasteiger partial charge in [0, 0.05) is 31.4 Å². The molecular weight excluding hydrogens is 200 g/mol. The molecule has 0 aromatic carbocycles. The summed E-state index contributed by atoms with van der Waals surface area (Å²) in [6.45, 7) is 6.32. The van der Waals surface area contributed by atoms with E-state index in [4.69, 9.17) is 0 Å². The largest absolute Gasteiger partial charge is 0.310 e. The van der Waals surface area contributed by atoms with Crippen LogP contribution < -0.4 is 5.32 Å². The van der Waals surface area contributed by atoms with Crippen LogP contribution in [-0.4, -0.2) is 41.4 Å². The Hall–Kier alpha value is -0.870. The molecule has 0 fully saturated rings. The topological polar surface area (TPSA) is 33.1 Å². The average Bonchev–Trinajstić information content (AvgIpc) is 2.51. The molecule has 4 nitrogen and oxygen atoms in total. The van der Waals surface area contributed by atoms with Gasteiger partial charge in [-0.2, -0.15) is 5.10 Å². The first-order chi connectivity index (χ1) is 7.49. The van der Waals surface area contributed by atoms with E-state index in [1.165, 1.54) is 12.0 Å². The number of hydrogen-bond donors (Lipinski definition) is 1. The Bertz CT molecular complexity index is 317. The Morgan fingerprint density at radius 2 is 2.19 bits per heavy atom. The van der Waals surface area contributed by atoms with Gasteiger partial charge < -0.3 is 10.2 Å². The molecule has 0 aliphatic heterocycles. The molecule has 1 N–H and O–H groups in total. The molecule has 4 heteroatoms. The molecule has 0 saturated heterocycles. The Morgan fingerprint density at radius 1 is 1.50 bits per heavy atom. The summed E-state index contributed by atoms with van der Waals surface area (Å²) in [7, 11) is 6.18. The monoisotopic (exact) mass is 224 g/mol. The summed E-state index contributed by atoms with van der Waals surface area (Å²) in [4.78, 5) is 2.22. The second-order valence-corrected chi connectivity index (χ2v) is 4.79. The quantitative estimate of drug-likeness (QED) is 0.787. The van der Waals surface area contributed by atoms with Crippen LogP contribution in [-0.2, 0) is 13.6 Å². The molecule has 92 valence electrons. The van der Waals surface area contributed by atoms with Crippen molar-refractivity contribution in [1.29, 1.82) is 0 Å². The van der Waals surface area contributed by atoms with Gasteiger partial charge in [0.1, 0.15) is 0 Å². The van der Waals surface area contributed by atoms with Gasteiger partial charge in [0.15, 0.2) is 0 Å². The van der Waals surface area contributed by atoms with Crippen molar-refractivity contribution in [2.75, 3.05) is 20.6 Å². The van der Waals surface area contributed by atoms with E-state index in [1.54, 1.807) is 0 Å². The van der Waals surface area contributed by atoms with Gasteiger partial charge in [0.05, 0.1) is 5.69 Å². The van der Waals surface area contributed by atoms with Crippen molar-refractivity contribution in [2.24, 2.45) is 7.05 Å². The Kier molecular flexibility index (Phi) is 4.96. The molecule has 0 aliphatic rings. The van der Waals surface area contributed by atoms with Crippen LogP contribution in [0.25, 0.3) is 0 Å². The highest BCUT2D eigenvalue weighted by molar-refractivity contribution is 5.14. The number of aromatic nitrogens is 2. The minimum atomic E-state index is 0.544. The summed E-state index contributed by atoms with van der Waals surface area (Å²) in [6, 6.07) is 0.544. The zero-order valence-electron chi connectivity index (χ0n) is 11.1. The maximum absolute atomic E-state index is 4.33. The summed E-state index contributed by atoms with van der Waals surface area (Å²) < 4.78 is 1.87. The fraction of sp³-hybridized carbons (Fsp3) is 0.750.